The maximum Gasteiger partial charge on any atom is 0.244 e. The zero-order chi connectivity index (χ0) is 26.3. The molecule has 2 aliphatic heterocycles. The Morgan fingerprint density at radius 2 is 1.95 bits per heavy atom. The van der Waals surface area contributed by atoms with E-state index in [0.717, 1.165) is 47.3 Å². The molecule has 6 rings (SSSR count). The molecule has 1 fully saturated rings. The SMILES string of the molecule is COCCCN1Cc2cccc3c(NC(=O)C4CCCN(S(=O)(=O)c5csc6ccccc56)C4)ccc1c23. The summed E-state index contributed by atoms with van der Waals surface area (Å²) in [4.78, 5) is 16.1. The number of amides is 1. The first-order valence-corrected chi connectivity index (χ1v) is 15.3. The number of thiophene rings is 1. The Labute approximate surface area is 227 Å². The molecule has 1 amide bonds. The van der Waals surface area contributed by atoms with Crippen LogP contribution in [0.2, 0.25) is 0 Å². The number of benzene rings is 3. The minimum atomic E-state index is -3.69. The second-order valence-electron chi connectivity index (χ2n) is 10.0. The number of anilines is 2. The lowest BCUT2D eigenvalue weighted by Gasteiger charge is -2.31. The normalized spacial score (nSPS) is 17.9. The van der Waals surface area contributed by atoms with Crippen LogP contribution in [0.1, 0.15) is 24.8 Å². The monoisotopic (exact) mass is 549 g/mol. The van der Waals surface area contributed by atoms with E-state index in [1.54, 1.807) is 12.5 Å². The summed E-state index contributed by atoms with van der Waals surface area (Å²) in [5.41, 5.74) is 3.21. The Morgan fingerprint density at radius 3 is 2.82 bits per heavy atom. The van der Waals surface area contributed by atoms with Gasteiger partial charge in [0.05, 0.1) is 5.92 Å². The highest BCUT2D eigenvalue weighted by Gasteiger charge is 2.35. The lowest BCUT2D eigenvalue weighted by Crippen LogP contribution is -2.43. The van der Waals surface area contributed by atoms with Crippen molar-refractivity contribution in [2.75, 3.05) is 43.6 Å². The molecule has 198 valence electrons. The van der Waals surface area contributed by atoms with E-state index < -0.39 is 15.9 Å². The van der Waals surface area contributed by atoms with Crippen LogP contribution in [0.4, 0.5) is 11.4 Å². The number of nitrogens with one attached hydrogen (secondary N) is 1. The number of rotatable bonds is 8. The number of ether oxygens (including phenoxy) is 1. The van der Waals surface area contributed by atoms with Gasteiger partial charge in [-0.05, 0) is 43.0 Å². The fourth-order valence-electron chi connectivity index (χ4n) is 5.76. The summed E-state index contributed by atoms with van der Waals surface area (Å²) < 4.78 is 34.8. The number of nitrogens with zero attached hydrogens (tertiary/aromatic N) is 2. The molecule has 0 radical (unpaired) electrons. The number of sulfonamides is 1. The predicted molar refractivity (Wildman–Crippen MR) is 153 cm³/mol. The van der Waals surface area contributed by atoms with E-state index >= 15 is 0 Å². The van der Waals surface area contributed by atoms with Crippen LogP contribution >= 0.6 is 11.3 Å². The van der Waals surface area contributed by atoms with Crippen LogP contribution < -0.4 is 10.2 Å². The summed E-state index contributed by atoms with van der Waals surface area (Å²) in [6.07, 6.45) is 2.27. The molecular formula is C29H31N3O4S2. The van der Waals surface area contributed by atoms with Crippen LogP contribution in [0.15, 0.2) is 64.9 Å². The van der Waals surface area contributed by atoms with Crippen LogP contribution in [-0.2, 0) is 26.1 Å². The summed E-state index contributed by atoms with van der Waals surface area (Å²) in [5.74, 6) is -0.535. The van der Waals surface area contributed by atoms with Crippen molar-refractivity contribution in [1.82, 2.24) is 4.31 Å². The first-order chi connectivity index (χ1) is 18.5. The van der Waals surface area contributed by atoms with Gasteiger partial charge in [0, 0.05) is 77.5 Å². The van der Waals surface area contributed by atoms with Gasteiger partial charge >= 0.3 is 0 Å². The summed E-state index contributed by atoms with van der Waals surface area (Å²) in [5, 5.41) is 7.81. The van der Waals surface area contributed by atoms with E-state index in [2.05, 4.69) is 28.4 Å². The molecule has 38 heavy (non-hydrogen) atoms. The number of hydrogen-bond acceptors (Lipinski definition) is 6. The molecule has 1 saturated heterocycles. The first kappa shape index (κ1) is 25.3. The molecule has 2 aliphatic rings. The highest BCUT2D eigenvalue weighted by atomic mass is 32.2. The largest absolute Gasteiger partial charge is 0.385 e. The van der Waals surface area contributed by atoms with Gasteiger partial charge in [0.1, 0.15) is 4.90 Å². The smallest absolute Gasteiger partial charge is 0.244 e. The van der Waals surface area contributed by atoms with Crippen molar-refractivity contribution in [3.63, 3.8) is 0 Å². The van der Waals surface area contributed by atoms with Crippen LogP contribution in [0.5, 0.6) is 0 Å². The van der Waals surface area contributed by atoms with Crippen molar-refractivity contribution >= 4 is 59.5 Å². The molecule has 0 bridgehead atoms. The van der Waals surface area contributed by atoms with E-state index in [9.17, 15) is 13.2 Å². The maximum absolute atomic E-state index is 13.6. The molecule has 0 saturated carbocycles. The predicted octanol–water partition coefficient (Wildman–Crippen LogP) is 5.45. The molecule has 7 nitrogen and oxygen atoms in total. The minimum absolute atomic E-state index is 0.129. The van der Waals surface area contributed by atoms with Crippen molar-refractivity contribution in [2.45, 2.75) is 30.7 Å². The van der Waals surface area contributed by atoms with E-state index in [0.29, 0.717) is 24.3 Å². The average molecular weight is 550 g/mol. The Bertz CT molecular complexity index is 1610. The fraction of sp³-hybridized carbons (Fsp3) is 0.345. The van der Waals surface area contributed by atoms with Gasteiger partial charge in [-0.3, -0.25) is 4.79 Å². The highest BCUT2D eigenvalue weighted by molar-refractivity contribution is 7.89. The van der Waals surface area contributed by atoms with E-state index in [1.165, 1.54) is 32.3 Å². The zero-order valence-corrected chi connectivity index (χ0v) is 23.0. The van der Waals surface area contributed by atoms with Crippen LogP contribution in [-0.4, -0.2) is 52.0 Å². The molecule has 4 aromatic rings. The van der Waals surface area contributed by atoms with E-state index in [4.69, 9.17) is 4.74 Å². The molecule has 0 spiro atoms. The first-order valence-electron chi connectivity index (χ1n) is 13.0. The molecule has 9 heteroatoms. The van der Waals surface area contributed by atoms with E-state index in [1.807, 2.05) is 36.4 Å². The Kier molecular flexibility index (Phi) is 6.86. The summed E-state index contributed by atoms with van der Waals surface area (Å²) in [6.45, 7) is 3.10. The zero-order valence-electron chi connectivity index (χ0n) is 21.4. The Balaban J connectivity index is 1.21. The topological polar surface area (TPSA) is 79.0 Å². The average Bonchev–Trinajstić information content (AvgIpc) is 3.53. The third-order valence-electron chi connectivity index (χ3n) is 7.66. The van der Waals surface area contributed by atoms with Crippen LogP contribution in [0.25, 0.3) is 20.9 Å². The van der Waals surface area contributed by atoms with Gasteiger partial charge < -0.3 is 15.0 Å². The van der Waals surface area contributed by atoms with Crippen molar-refractivity contribution < 1.29 is 17.9 Å². The second-order valence-corrected chi connectivity index (χ2v) is 12.8. The number of carbonyl (C=O) groups is 1. The number of methoxy groups -OCH3 is 1. The Hall–Kier alpha value is -2.98. The lowest BCUT2D eigenvalue weighted by molar-refractivity contribution is -0.120. The van der Waals surface area contributed by atoms with Crippen molar-refractivity contribution in [3.8, 4) is 0 Å². The van der Waals surface area contributed by atoms with Gasteiger partial charge in [0.2, 0.25) is 15.9 Å². The quantitative estimate of drug-likeness (QED) is 0.296. The summed E-state index contributed by atoms with van der Waals surface area (Å²) in [7, 11) is -1.97. The van der Waals surface area contributed by atoms with Crippen molar-refractivity contribution in [2.24, 2.45) is 5.92 Å². The van der Waals surface area contributed by atoms with Crippen molar-refractivity contribution in [3.05, 3.63) is 65.5 Å². The molecule has 3 aromatic carbocycles. The lowest BCUT2D eigenvalue weighted by atomic mass is 9.98. The number of carbonyl (C=O) groups excluding carboxylic acids is 1. The number of piperidine rings is 1. The van der Waals surface area contributed by atoms with Gasteiger partial charge in [-0.2, -0.15) is 4.31 Å². The Morgan fingerprint density at radius 1 is 1.11 bits per heavy atom. The third-order valence-corrected chi connectivity index (χ3v) is 10.7. The van der Waals surface area contributed by atoms with Gasteiger partial charge in [0.15, 0.2) is 0 Å². The molecule has 3 heterocycles. The van der Waals surface area contributed by atoms with Gasteiger partial charge in [-0.15, -0.1) is 11.3 Å². The molecule has 1 atom stereocenters. The second kappa shape index (κ2) is 10.3. The molecule has 1 N–H and O–H groups in total. The maximum atomic E-state index is 13.6. The van der Waals surface area contributed by atoms with Gasteiger partial charge in [-0.25, -0.2) is 8.42 Å². The number of fused-ring (bicyclic) bond motifs is 1. The third kappa shape index (κ3) is 4.47. The van der Waals surface area contributed by atoms with Crippen molar-refractivity contribution in [1.29, 1.82) is 0 Å². The molecule has 1 aromatic heterocycles. The van der Waals surface area contributed by atoms with Gasteiger partial charge in [0.25, 0.3) is 0 Å². The summed E-state index contributed by atoms with van der Waals surface area (Å²) in [6, 6.07) is 17.8. The molecule has 0 aliphatic carbocycles. The summed E-state index contributed by atoms with van der Waals surface area (Å²) >= 11 is 1.43. The molecule has 1 unspecified atom stereocenters. The molecular weight excluding hydrogens is 518 g/mol. The van der Waals surface area contributed by atoms with Gasteiger partial charge in [-0.1, -0.05) is 36.4 Å². The number of hydrogen-bond donors (Lipinski definition) is 1. The van der Waals surface area contributed by atoms with Crippen LogP contribution in [0, 0.1) is 5.92 Å². The van der Waals surface area contributed by atoms with E-state index in [-0.39, 0.29) is 12.5 Å². The van der Waals surface area contributed by atoms with Crippen LogP contribution in [0.3, 0.4) is 0 Å². The fourth-order valence-corrected chi connectivity index (χ4v) is 8.76. The standard InChI is InChI=1S/C29H31N3O4S2/c1-36-16-6-14-31-17-20-7-4-10-22-24(12-13-25(31)28(20)22)30-29(33)21-8-5-15-32(18-21)38(34,35)27-19-37-26-11-3-2-9-23(26)27/h2-4,7,9-13,19,21H,5-6,8,14-18H2,1H3,(H,30,33). The minimum Gasteiger partial charge on any atom is -0.385 e. The highest BCUT2D eigenvalue weighted by Crippen LogP contribution is 2.41.